The van der Waals surface area contributed by atoms with E-state index >= 15 is 0 Å². The molecule has 1 nitrogen and oxygen atoms in total. The van der Waals surface area contributed by atoms with Gasteiger partial charge in [-0.3, -0.25) is 0 Å². The van der Waals surface area contributed by atoms with Gasteiger partial charge in [0, 0.05) is 12.1 Å². The van der Waals surface area contributed by atoms with E-state index in [0.29, 0.717) is 22.5 Å². The minimum atomic E-state index is -0.525. The van der Waals surface area contributed by atoms with Crippen LogP contribution in [0.3, 0.4) is 0 Å². The minimum absolute atomic E-state index is 0.350. The second-order valence-corrected chi connectivity index (χ2v) is 4.65. The van der Waals surface area contributed by atoms with Gasteiger partial charge in [-0.25, -0.2) is 8.78 Å². The SMILES string of the molecule is Fc1cc(F)c(Br)c(CC2CCCN2)c1. The van der Waals surface area contributed by atoms with Crippen molar-refractivity contribution >= 4 is 15.9 Å². The van der Waals surface area contributed by atoms with Crippen LogP contribution < -0.4 is 5.32 Å². The first-order valence-electron chi connectivity index (χ1n) is 5.03. The van der Waals surface area contributed by atoms with Gasteiger partial charge in [-0.05, 0) is 53.4 Å². The average Bonchev–Trinajstić information content (AvgIpc) is 2.66. The molecule has 15 heavy (non-hydrogen) atoms. The maximum atomic E-state index is 13.2. The van der Waals surface area contributed by atoms with Gasteiger partial charge >= 0.3 is 0 Å². The molecule has 0 bridgehead atoms. The highest BCUT2D eigenvalue weighted by atomic mass is 79.9. The number of rotatable bonds is 2. The first kappa shape index (κ1) is 11.0. The van der Waals surface area contributed by atoms with Gasteiger partial charge < -0.3 is 5.32 Å². The largest absolute Gasteiger partial charge is 0.314 e. The van der Waals surface area contributed by atoms with Crippen molar-refractivity contribution in [1.82, 2.24) is 5.32 Å². The molecule has 0 radical (unpaired) electrons. The molecule has 0 aromatic heterocycles. The topological polar surface area (TPSA) is 12.0 Å². The standard InChI is InChI=1S/C11H12BrF2N/c12-11-7(4-8(13)6-10(11)14)5-9-2-1-3-15-9/h4,6,9,15H,1-3,5H2. The molecule has 1 aliphatic heterocycles. The predicted octanol–water partition coefficient (Wildman–Crippen LogP) is 3.02. The Hall–Kier alpha value is -0.480. The molecule has 82 valence electrons. The van der Waals surface area contributed by atoms with E-state index < -0.39 is 11.6 Å². The summed E-state index contributed by atoms with van der Waals surface area (Å²) in [5.74, 6) is -1.04. The van der Waals surface area contributed by atoms with Gasteiger partial charge in [-0.15, -0.1) is 0 Å². The van der Waals surface area contributed by atoms with Crippen molar-refractivity contribution in [1.29, 1.82) is 0 Å². The van der Waals surface area contributed by atoms with Gasteiger partial charge in [0.25, 0.3) is 0 Å². The van der Waals surface area contributed by atoms with Crippen molar-refractivity contribution in [2.45, 2.75) is 25.3 Å². The summed E-state index contributed by atoms with van der Waals surface area (Å²) in [6.45, 7) is 1.00. The second-order valence-electron chi connectivity index (χ2n) is 3.86. The molecule has 2 rings (SSSR count). The summed E-state index contributed by atoms with van der Waals surface area (Å²) in [5, 5.41) is 3.31. The van der Waals surface area contributed by atoms with E-state index in [1.165, 1.54) is 6.07 Å². The van der Waals surface area contributed by atoms with Crippen molar-refractivity contribution in [2.75, 3.05) is 6.54 Å². The summed E-state index contributed by atoms with van der Waals surface area (Å²) in [6, 6.07) is 2.64. The third-order valence-corrected chi connectivity index (χ3v) is 3.59. The Balaban J connectivity index is 2.19. The first-order chi connectivity index (χ1) is 7.16. The number of hydrogen-bond donors (Lipinski definition) is 1. The molecule has 1 aromatic rings. The molecular formula is C11H12BrF2N. The highest BCUT2D eigenvalue weighted by Crippen LogP contribution is 2.24. The Morgan fingerprint density at radius 3 is 2.87 bits per heavy atom. The molecule has 1 unspecified atom stereocenters. The van der Waals surface area contributed by atoms with Gasteiger partial charge in [0.2, 0.25) is 0 Å². The Kier molecular flexibility index (Phi) is 3.36. The fourth-order valence-electron chi connectivity index (χ4n) is 1.95. The Labute approximate surface area is 96.0 Å². The molecular weight excluding hydrogens is 264 g/mol. The lowest BCUT2D eigenvalue weighted by Gasteiger charge is -2.12. The quantitative estimate of drug-likeness (QED) is 0.819. The predicted molar refractivity (Wildman–Crippen MR) is 58.8 cm³/mol. The van der Waals surface area contributed by atoms with Crippen LogP contribution in [-0.2, 0) is 6.42 Å². The lowest BCUT2D eigenvalue weighted by Crippen LogP contribution is -2.23. The number of hydrogen-bond acceptors (Lipinski definition) is 1. The Bertz CT molecular complexity index is 362. The highest BCUT2D eigenvalue weighted by Gasteiger charge is 2.17. The van der Waals surface area contributed by atoms with Crippen LogP contribution in [0.5, 0.6) is 0 Å². The lowest BCUT2D eigenvalue weighted by molar-refractivity contribution is 0.560. The maximum absolute atomic E-state index is 13.2. The van der Waals surface area contributed by atoms with Crippen LogP contribution in [0.15, 0.2) is 16.6 Å². The Morgan fingerprint density at radius 1 is 1.40 bits per heavy atom. The van der Waals surface area contributed by atoms with Gasteiger partial charge in [-0.2, -0.15) is 0 Å². The van der Waals surface area contributed by atoms with Crippen LogP contribution in [0.25, 0.3) is 0 Å². The van der Waals surface area contributed by atoms with Crippen LogP contribution >= 0.6 is 15.9 Å². The molecule has 1 saturated heterocycles. The van der Waals surface area contributed by atoms with E-state index in [9.17, 15) is 8.78 Å². The summed E-state index contributed by atoms with van der Waals surface area (Å²) in [5.41, 5.74) is 0.701. The zero-order chi connectivity index (χ0) is 10.8. The Morgan fingerprint density at radius 2 is 2.20 bits per heavy atom. The number of benzene rings is 1. The fraction of sp³-hybridized carbons (Fsp3) is 0.455. The summed E-state index contributed by atoms with van der Waals surface area (Å²) in [6.07, 6.45) is 2.89. The molecule has 1 heterocycles. The summed E-state index contributed by atoms with van der Waals surface area (Å²) < 4.78 is 26.6. The first-order valence-corrected chi connectivity index (χ1v) is 5.83. The molecule has 1 N–H and O–H groups in total. The van der Waals surface area contributed by atoms with Crippen LogP contribution in [0.4, 0.5) is 8.78 Å². The van der Waals surface area contributed by atoms with Crippen molar-refractivity contribution in [2.24, 2.45) is 0 Å². The zero-order valence-electron chi connectivity index (χ0n) is 8.19. The van der Waals surface area contributed by atoms with Crippen molar-refractivity contribution in [3.63, 3.8) is 0 Å². The zero-order valence-corrected chi connectivity index (χ0v) is 9.78. The van der Waals surface area contributed by atoms with Crippen molar-refractivity contribution in [3.8, 4) is 0 Å². The van der Waals surface area contributed by atoms with E-state index in [1.807, 2.05) is 0 Å². The van der Waals surface area contributed by atoms with Crippen molar-refractivity contribution < 1.29 is 8.78 Å². The van der Waals surface area contributed by atoms with E-state index in [1.54, 1.807) is 0 Å². The molecule has 1 aliphatic rings. The van der Waals surface area contributed by atoms with Gasteiger partial charge in [0.05, 0.1) is 4.47 Å². The van der Waals surface area contributed by atoms with Gasteiger partial charge in [0.1, 0.15) is 11.6 Å². The number of nitrogens with one attached hydrogen (secondary N) is 1. The van der Waals surface area contributed by atoms with Crippen LogP contribution in [0.1, 0.15) is 18.4 Å². The minimum Gasteiger partial charge on any atom is -0.314 e. The molecule has 0 aliphatic carbocycles. The summed E-state index contributed by atoms with van der Waals surface area (Å²) in [7, 11) is 0. The van der Waals surface area contributed by atoms with E-state index in [2.05, 4.69) is 21.2 Å². The van der Waals surface area contributed by atoms with Gasteiger partial charge in [0.15, 0.2) is 0 Å². The van der Waals surface area contributed by atoms with Crippen LogP contribution in [-0.4, -0.2) is 12.6 Å². The van der Waals surface area contributed by atoms with E-state index in [-0.39, 0.29) is 0 Å². The third kappa shape index (κ3) is 2.55. The van der Waals surface area contributed by atoms with E-state index in [4.69, 9.17) is 0 Å². The monoisotopic (exact) mass is 275 g/mol. The smallest absolute Gasteiger partial charge is 0.140 e. The fourth-order valence-corrected chi connectivity index (χ4v) is 2.34. The molecule has 1 fully saturated rings. The summed E-state index contributed by atoms with van der Waals surface area (Å²) in [4.78, 5) is 0. The normalized spacial score (nSPS) is 20.9. The van der Waals surface area contributed by atoms with Gasteiger partial charge in [-0.1, -0.05) is 0 Å². The third-order valence-electron chi connectivity index (χ3n) is 2.70. The van der Waals surface area contributed by atoms with E-state index in [0.717, 1.165) is 25.5 Å². The molecule has 1 aromatic carbocycles. The average molecular weight is 276 g/mol. The molecule has 1 atom stereocenters. The number of halogens is 3. The summed E-state index contributed by atoms with van der Waals surface area (Å²) >= 11 is 3.15. The molecule has 0 amide bonds. The highest BCUT2D eigenvalue weighted by molar-refractivity contribution is 9.10. The lowest BCUT2D eigenvalue weighted by atomic mass is 10.0. The molecule has 0 saturated carbocycles. The van der Waals surface area contributed by atoms with Crippen molar-refractivity contribution in [3.05, 3.63) is 33.8 Å². The molecule has 4 heteroatoms. The maximum Gasteiger partial charge on any atom is 0.140 e. The molecule has 0 spiro atoms. The van der Waals surface area contributed by atoms with Crippen LogP contribution in [0, 0.1) is 11.6 Å². The van der Waals surface area contributed by atoms with Crippen LogP contribution in [0.2, 0.25) is 0 Å². The second kappa shape index (κ2) is 4.58.